The van der Waals surface area contributed by atoms with Crippen LogP contribution in [0.3, 0.4) is 0 Å². The average molecular weight is 395 g/mol. The van der Waals surface area contributed by atoms with E-state index >= 15 is 0 Å². The summed E-state index contributed by atoms with van der Waals surface area (Å²) in [5.41, 5.74) is 1.08. The quantitative estimate of drug-likeness (QED) is 0.384. The molecule has 0 aliphatic rings. The Hall–Kier alpha value is -1.66. The molecule has 2 aromatic carbocycles. The van der Waals surface area contributed by atoms with Crippen molar-refractivity contribution in [3.05, 3.63) is 71.3 Å². The van der Waals surface area contributed by atoms with E-state index in [4.69, 9.17) is 0 Å². The summed E-state index contributed by atoms with van der Waals surface area (Å²) in [6.45, 7) is 0. The van der Waals surface area contributed by atoms with Crippen LogP contribution in [0.25, 0.3) is 0 Å². The SMILES string of the molecule is O=C(CCSCCSCCC(=O)c1ccc(F)cc1)c1ccc(F)cc1. The van der Waals surface area contributed by atoms with E-state index in [-0.39, 0.29) is 23.2 Å². The van der Waals surface area contributed by atoms with E-state index in [1.54, 1.807) is 23.5 Å². The molecule has 0 N–H and O–H groups in total. The molecule has 0 spiro atoms. The Balaban J connectivity index is 1.51. The summed E-state index contributed by atoms with van der Waals surface area (Å²) in [6.07, 6.45) is 0.869. The van der Waals surface area contributed by atoms with E-state index in [9.17, 15) is 18.4 Å². The first kappa shape index (κ1) is 20.6. The Morgan fingerprint density at radius 2 is 0.962 bits per heavy atom. The second-order valence-electron chi connectivity index (χ2n) is 5.58. The topological polar surface area (TPSA) is 34.1 Å². The van der Waals surface area contributed by atoms with Crippen LogP contribution in [-0.2, 0) is 0 Å². The summed E-state index contributed by atoms with van der Waals surface area (Å²) >= 11 is 3.39. The molecule has 0 bridgehead atoms. The summed E-state index contributed by atoms with van der Waals surface area (Å²) in [5, 5.41) is 0. The zero-order valence-corrected chi connectivity index (χ0v) is 15.9. The molecule has 0 unspecified atom stereocenters. The van der Waals surface area contributed by atoms with Gasteiger partial charge in [0.2, 0.25) is 0 Å². The van der Waals surface area contributed by atoms with Crippen molar-refractivity contribution in [1.82, 2.24) is 0 Å². The Kier molecular flexibility index (Phi) is 8.85. The molecule has 0 aliphatic heterocycles. The normalized spacial score (nSPS) is 10.7. The van der Waals surface area contributed by atoms with Crippen molar-refractivity contribution in [3.8, 4) is 0 Å². The van der Waals surface area contributed by atoms with Crippen LogP contribution in [-0.4, -0.2) is 34.6 Å². The molecule has 138 valence electrons. The maximum absolute atomic E-state index is 12.8. The molecule has 0 saturated heterocycles. The molecule has 6 heteroatoms. The molecule has 26 heavy (non-hydrogen) atoms. The Morgan fingerprint density at radius 1 is 0.615 bits per heavy atom. The van der Waals surface area contributed by atoms with E-state index in [1.807, 2.05) is 0 Å². The van der Waals surface area contributed by atoms with E-state index < -0.39 is 0 Å². The van der Waals surface area contributed by atoms with Gasteiger partial charge in [-0.1, -0.05) is 0 Å². The minimum absolute atomic E-state index is 0.0232. The van der Waals surface area contributed by atoms with Gasteiger partial charge in [-0.3, -0.25) is 9.59 Å². The highest BCUT2D eigenvalue weighted by atomic mass is 32.2. The molecule has 0 aliphatic carbocycles. The third kappa shape index (κ3) is 7.30. The van der Waals surface area contributed by atoms with Gasteiger partial charge in [-0.05, 0) is 48.5 Å². The van der Waals surface area contributed by atoms with Crippen LogP contribution >= 0.6 is 23.5 Å². The molecule has 0 saturated carbocycles. The lowest BCUT2D eigenvalue weighted by molar-refractivity contribution is 0.0981. The van der Waals surface area contributed by atoms with Gasteiger partial charge in [-0.2, -0.15) is 23.5 Å². The molecule has 0 atom stereocenters. The molecule has 0 radical (unpaired) electrons. The van der Waals surface area contributed by atoms with Gasteiger partial charge in [0.15, 0.2) is 11.6 Å². The molecule has 0 heterocycles. The highest BCUT2D eigenvalue weighted by Gasteiger charge is 2.07. The number of ketones is 2. The fourth-order valence-corrected chi connectivity index (χ4v) is 4.22. The molecule has 2 rings (SSSR count). The lowest BCUT2D eigenvalue weighted by Gasteiger charge is -2.03. The van der Waals surface area contributed by atoms with E-state index in [1.165, 1.54) is 48.5 Å². The summed E-state index contributed by atoms with van der Waals surface area (Å²) < 4.78 is 25.6. The summed E-state index contributed by atoms with van der Waals surface area (Å²) in [5.74, 6) is 2.64. The largest absolute Gasteiger partial charge is 0.294 e. The smallest absolute Gasteiger partial charge is 0.163 e. The minimum Gasteiger partial charge on any atom is -0.294 e. The number of Topliss-reactive ketones (excluding diaryl/α,β-unsaturated/α-hetero) is 2. The third-order valence-electron chi connectivity index (χ3n) is 3.65. The first-order valence-corrected chi connectivity index (χ1v) is 10.6. The Labute approximate surface area is 160 Å². The fourth-order valence-electron chi connectivity index (χ4n) is 2.21. The van der Waals surface area contributed by atoms with Crippen LogP contribution < -0.4 is 0 Å². The zero-order chi connectivity index (χ0) is 18.8. The van der Waals surface area contributed by atoms with Crippen LogP contribution in [0, 0.1) is 11.6 Å². The summed E-state index contributed by atoms with van der Waals surface area (Å²) in [7, 11) is 0. The standard InChI is InChI=1S/C20H20F2O2S2/c21-17-5-1-15(2-6-17)19(23)9-11-25-13-14-26-12-10-20(24)16-3-7-18(22)8-4-16/h1-8H,9-14H2. The van der Waals surface area contributed by atoms with E-state index in [2.05, 4.69) is 0 Å². The van der Waals surface area contributed by atoms with E-state index in [0.29, 0.717) is 24.0 Å². The summed E-state index contributed by atoms with van der Waals surface area (Å²) in [4.78, 5) is 23.8. The number of rotatable bonds is 11. The number of hydrogen-bond acceptors (Lipinski definition) is 4. The molecular formula is C20H20F2O2S2. The van der Waals surface area contributed by atoms with Crippen molar-refractivity contribution in [2.24, 2.45) is 0 Å². The molecule has 0 aromatic heterocycles. The highest BCUT2D eigenvalue weighted by Crippen LogP contribution is 2.13. The van der Waals surface area contributed by atoms with Crippen molar-refractivity contribution in [3.63, 3.8) is 0 Å². The van der Waals surface area contributed by atoms with Gasteiger partial charge in [0.05, 0.1) is 0 Å². The van der Waals surface area contributed by atoms with Crippen molar-refractivity contribution in [2.45, 2.75) is 12.8 Å². The van der Waals surface area contributed by atoms with Crippen molar-refractivity contribution in [2.75, 3.05) is 23.0 Å². The molecular weight excluding hydrogens is 374 g/mol. The maximum Gasteiger partial charge on any atom is 0.163 e. The van der Waals surface area contributed by atoms with Crippen LogP contribution in [0.2, 0.25) is 0 Å². The average Bonchev–Trinajstić information content (AvgIpc) is 2.64. The Morgan fingerprint density at radius 3 is 1.31 bits per heavy atom. The first-order valence-electron chi connectivity index (χ1n) is 8.29. The Bertz CT molecular complexity index is 652. The maximum atomic E-state index is 12.8. The predicted octanol–water partition coefficient (Wildman–Crippen LogP) is 5.28. The molecule has 0 amide bonds. The molecule has 0 fully saturated rings. The second-order valence-corrected chi connectivity index (χ2v) is 8.03. The molecule has 2 aromatic rings. The lowest BCUT2D eigenvalue weighted by atomic mass is 10.1. The zero-order valence-electron chi connectivity index (χ0n) is 14.3. The van der Waals surface area contributed by atoms with Gasteiger partial charge in [0.1, 0.15) is 11.6 Å². The number of benzene rings is 2. The summed E-state index contributed by atoms with van der Waals surface area (Å²) in [6, 6.07) is 11.2. The van der Waals surface area contributed by atoms with Gasteiger partial charge in [0.25, 0.3) is 0 Å². The predicted molar refractivity (Wildman–Crippen MR) is 105 cm³/mol. The van der Waals surface area contributed by atoms with Crippen LogP contribution in [0.15, 0.2) is 48.5 Å². The lowest BCUT2D eigenvalue weighted by Crippen LogP contribution is -2.02. The fraction of sp³-hybridized carbons (Fsp3) is 0.300. The van der Waals surface area contributed by atoms with Crippen molar-refractivity contribution >= 4 is 35.1 Å². The molecule has 2 nitrogen and oxygen atoms in total. The van der Waals surface area contributed by atoms with Crippen molar-refractivity contribution < 1.29 is 18.4 Å². The third-order valence-corrected chi connectivity index (χ3v) is 5.88. The number of thioether (sulfide) groups is 2. The van der Waals surface area contributed by atoms with Gasteiger partial charge < -0.3 is 0 Å². The van der Waals surface area contributed by atoms with Crippen LogP contribution in [0.5, 0.6) is 0 Å². The van der Waals surface area contributed by atoms with E-state index in [0.717, 1.165) is 23.0 Å². The number of carbonyl (C=O) groups excluding carboxylic acids is 2. The number of hydrogen-bond donors (Lipinski definition) is 0. The van der Waals surface area contributed by atoms with Crippen LogP contribution in [0.4, 0.5) is 8.78 Å². The number of halogens is 2. The minimum atomic E-state index is -0.342. The monoisotopic (exact) mass is 394 g/mol. The number of carbonyl (C=O) groups is 2. The first-order chi connectivity index (χ1) is 12.6. The van der Waals surface area contributed by atoms with Crippen molar-refractivity contribution in [1.29, 1.82) is 0 Å². The van der Waals surface area contributed by atoms with Gasteiger partial charge in [-0.25, -0.2) is 8.78 Å². The van der Waals surface area contributed by atoms with Crippen LogP contribution in [0.1, 0.15) is 33.6 Å². The van der Waals surface area contributed by atoms with Gasteiger partial charge in [0, 0.05) is 47.0 Å². The van der Waals surface area contributed by atoms with Gasteiger partial charge >= 0.3 is 0 Å². The van der Waals surface area contributed by atoms with Gasteiger partial charge in [-0.15, -0.1) is 0 Å². The second kappa shape index (κ2) is 11.1. The highest BCUT2D eigenvalue weighted by molar-refractivity contribution is 8.02.